The monoisotopic (exact) mass is 349 g/mol. The number of nitrogens with zero attached hydrogens (tertiary/aromatic N) is 2. The Morgan fingerprint density at radius 3 is 2.50 bits per heavy atom. The Morgan fingerprint density at radius 1 is 1.12 bits per heavy atom. The van der Waals surface area contributed by atoms with E-state index in [9.17, 15) is 4.79 Å². The second-order valence-corrected chi connectivity index (χ2v) is 5.96. The lowest BCUT2D eigenvalue weighted by atomic mass is 10.1. The minimum Gasteiger partial charge on any atom is -0.497 e. The number of hydrogen-bond acceptors (Lipinski definition) is 3. The normalized spacial score (nSPS) is 10.5. The van der Waals surface area contributed by atoms with E-state index in [2.05, 4.69) is 10.4 Å². The number of aromatic nitrogens is 2. The van der Waals surface area contributed by atoms with E-state index in [4.69, 9.17) is 4.74 Å². The van der Waals surface area contributed by atoms with Crippen LogP contribution in [0.4, 0.5) is 0 Å². The van der Waals surface area contributed by atoms with E-state index in [0.717, 1.165) is 35.5 Å². The zero-order chi connectivity index (χ0) is 18.4. The fraction of sp³-hybridized carbons (Fsp3) is 0.238. The summed E-state index contributed by atoms with van der Waals surface area (Å²) in [5, 5.41) is 7.40. The van der Waals surface area contributed by atoms with Crippen LogP contribution in [0.15, 0.2) is 60.8 Å². The van der Waals surface area contributed by atoms with Gasteiger partial charge in [-0.05, 0) is 42.7 Å². The first-order valence-corrected chi connectivity index (χ1v) is 8.76. The molecule has 1 amide bonds. The van der Waals surface area contributed by atoms with Crippen molar-refractivity contribution in [3.63, 3.8) is 0 Å². The molecule has 0 saturated carbocycles. The van der Waals surface area contributed by atoms with Gasteiger partial charge in [0, 0.05) is 6.54 Å². The number of rotatable bonds is 7. The Balaban J connectivity index is 1.65. The van der Waals surface area contributed by atoms with Gasteiger partial charge in [0.2, 0.25) is 0 Å². The number of nitrogens with one attached hydrogen (secondary N) is 1. The molecule has 0 aliphatic carbocycles. The summed E-state index contributed by atoms with van der Waals surface area (Å²) in [6, 6.07) is 17.7. The van der Waals surface area contributed by atoms with Crippen molar-refractivity contribution in [2.45, 2.75) is 19.8 Å². The highest BCUT2D eigenvalue weighted by Crippen LogP contribution is 2.16. The highest BCUT2D eigenvalue weighted by atomic mass is 16.5. The minimum absolute atomic E-state index is 0.0856. The summed E-state index contributed by atoms with van der Waals surface area (Å²) in [6.45, 7) is 2.61. The molecule has 3 aromatic rings. The zero-order valence-corrected chi connectivity index (χ0v) is 15.1. The van der Waals surface area contributed by atoms with Crippen molar-refractivity contribution in [3.05, 3.63) is 77.6 Å². The van der Waals surface area contributed by atoms with Gasteiger partial charge in [-0.25, -0.2) is 4.68 Å². The van der Waals surface area contributed by atoms with Gasteiger partial charge in [0.25, 0.3) is 5.91 Å². The lowest BCUT2D eigenvalue weighted by Crippen LogP contribution is -2.26. The van der Waals surface area contributed by atoms with Crippen LogP contribution < -0.4 is 10.1 Å². The second-order valence-electron chi connectivity index (χ2n) is 5.96. The molecule has 5 heteroatoms. The van der Waals surface area contributed by atoms with Gasteiger partial charge in [-0.1, -0.05) is 37.3 Å². The molecule has 1 N–H and O–H groups in total. The highest BCUT2D eigenvalue weighted by Gasteiger charge is 2.16. The third-order valence-corrected chi connectivity index (χ3v) is 4.31. The van der Waals surface area contributed by atoms with Crippen LogP contribution >= 0.6 is 0 Å². The van der Waals surface area contributed by atoms with Crippen molar-refractivity contribution >= 4 is 5.91 Å². The lowest BCUT2D eigenvalue weighted by molar-refractivity contribution is 0.0953. The van der Waals surface area contributed by atoms with Crippen molar-refractivity contribution < 1.29 is 9.53 Å². The average Bonchev–Trinajstić information content (AvgIpc) is 3.13. The van der Waals surface area contributed by atoms with Crippen molar-refractivity contribution in [2.24, 2.45) is 0 Å². The maximum absolute atomic E-state index is 12.6. The molecule has 0 atom stereocenters. The maximum atomic E-state index is 12.6. The first-order chi connectivity index (χ1) is 12.7. The van der Waals surface area contributed by atoms with E-state index in [1.165, 1.54) is 0 Å². The van der Waals surface area contributed by atoms with Gasteiger partial charge in [0.15, 0.2) is 0 Å². The van der Waals surface area contributed by atoms with Crippen molar-refractivity contribution in [1.82, 2.24) is 15.1 Å². The number of ether oxygens (including phenoxy) is 1. The van der Waals surface area contributed by atoms with Gasteiger partial charge in [-0.2, -0.15) is 5.10 Å². The second kappa shape index (κ2) is 8.34. The Bertz CT molecular complexity index is 855. The summed E-state index contributed by atoms with van der Waals surface area (Å²) in [5.41, 5.74) is 3.66. The molecule has 0 aliphatic rings. The minimum atomic E-state index is -0.0856. The molecular weight excluding hydrogens is 326 g/mol. The molecule has 0 fully saturated rings. The molecule has 0 bridgehead atoms. The number of carbonyl (C=O) groups is 1. The zero-order valence-electron chi connectivity index (χ0n) is 15.1. The number of benzene rings is 2. The molecule has 1 aromatic heterocycles. The number of hydrogen-bond donors (Lipinski definition) is 1. The van der Waals surface area contributed by atoms with Crippen LogP contribution in [0.5, 0.6) is 5.75 Å². The van der Waals surface area contributed by atoms with Crippen molar-refractivity contribution in [2.75, 3.05) is 13.7 Å². The lowest BCUT2D eigenvalue weighted by Gasteiger charge is -2.09. The van der Waals surface area contributed by atoms with Crippen molar-refractivity contribution in [1.29, 1.82) is 0 Å². The number of carbonyl (C=O) groups excluding carboxylic acids is 1. The van der Waals surface area contributed by atoms with Crippen LogP contribution in [0.2, 0.25) is 0 Å². The topological polar surface area (TPSA) is 56.1 Å². The number of para-hydroxylation sites is 1. The van der Waals surface area contributed by atoms with Gasteiger partial charge >= 0.3 is 0 Å². The Morgan fingerprint density at radius 2 is 1.85 bits per heavy atom. The Hall–Kier alpha value is -3.08. The smallest absolute Gasteiger partial charge is 0.254 e. The van der Waals surface area contributed by atoms with Crippen LogP contribution in [-0.4, -0.2) is 29.3 Å². The molecule has 2 aromatic carbocycles. The highest BCUT2D eigenvalue weighted by molar-refractivity contribution is 5.95. The third kappa shape index (κ3) is 3.94. The largest absolute Gasteiger partial charge is 0.497 e. The fourth-order valence-electron chi connectivity index (χ4n) is 2.90. The van der Waals surface area contributed by atoms with Crippen LogP contribution in [0.25, 0.3) is 5.69 Å². The molecule has 134 valence electrons. The van der Waals surface area contributed by atoms with Gasteiger partial charge in [0.05, 0.1) is 30.3 Å². The van der Waals surface area contributed by atoms with Gasteiger partial charge in [0.1, 0.15) is 5.75 Å². The quantitative estimate of drug-likeness (QED) is 0.711. The van der Waals surface area contributed by atoms with E-state index in [-0.39, 0.29) is 5.91 Å². The predicted octanol–water partition coefficient (Wildman–Crippen LogP) is 3.42. The van der Waals surface area contributed by atoms with Crippen LogP contribution in [-0.2, 0) is 12.8 Å². The van der Waals surface area contributed by atoms with Gasteiger partial charge in [-0.3, -0.25) is 4.79 Å². The van der Waals surface area contributed by atoms with E-state index < -0.39 is 0 Å². The summed E-state index contributed by atoms with van der Waals surface area (Å²) >= 11 is 0. The number of amides is 1. The summed E-state index contributed by atoms with van der Waals surface area (Å²) in [5.74, 6) is 0.747. The number of methoxy groups -OCH3 is 1. The predicted molar refractivity (Wildman–Crippen MR) is 102 cm³/mol. The molecule has 0 radical (unpaired) electrons. The van der Waals surface area contributed by atoms with Crippen LogP contribution in [0.3, 0.4) is 0 Å². The maximum Gasteiger partial charge on any atom is 0.254 e. The molecule has 0 saturated heterocycles. The fourth-order valence-corrected chi connectivity index (χ4v) is 2.90. The van der Waals surface area contributed by atoms with Crippen LogP contribution in [0, 0.1) is 0 Å². The average molecular weight is 349 g/mol. The first-order valence-electron chi connectivity index (χ1n) is 8.76. The third-order valence-electron chi connectivity index (χ3n) is 4.31. The van der Waals surface area contributed by atoms with E-state index >= 15 is 0 Å². The van der Waals surface area contributed by atoms with E-state index in [1.807, 2.05) is 66.2 Å². The SMILES string of the molecule is CCc1c(C(=O)NCCc2ccc(OC)cc2)cnn1-c1ccccc1. The molecule has 3 rings (SSSR count). The van der Waals surface area contributed by atoms with E-state index in [1.54, 1.807) is 13.3 Å². The Kier molecular flexibility index (Phi) is 5.69. The molecule has 0 unspecified atom stereocenters. The molecule has 26 heavy (non-hydrogen) atoms. The Labute approximate surface area is 153 Å². The van der Waals surface area contributed by atoms with Gasteiger partial charge < -0.3 is 10.1 Å². The van der Waals surface area contributed by atoms with E-state index in [0.29, 0.717) is 12.1 Å². The molecule has 0 aliphatic heterocycles. The van der Waals surface area contributed by atoms with Crippen LogP contribution in [0.1, 0.15) is 28.5 Å². The summed E-state index contributed by atoms with van der Waals surface area (Å²) in [6.07, 6.45) is 3.15. The summed E-state index contributed by atoms with van der Waals surface area (Å²) < 4.78 is 6.99. The molecular formula is C21H23N3O2. The van der Waals surface area contributed by atoms with Crippen molar-refractivity contribution in [3.8, 4) is 11.4 Å². The standard InChI is InChI=1S/C21H23N3O2/c1-3-20-19(15-23-24(20)17-7-5-4-6-8-17)21(25)22-14-13-16-9-11-18(26-2)12-10-16/h4-12,15H,3,13-14H2,1-2H3,(H,22,25). The molecule has 0 spiro atoms. The summed E-state index contributed by atoms with van der Waals surface area (Å²) in [4.78, 5) is 12.6. The van der Waals surface area contributed by atoms with Gasteiger partial charge in [-0.15, -0.1) is 0 Å². The first kappa shape index (κ1) is 17.7. The summed E-state index contributed by atoms with van der Waals surface area (Å²) in [7, 11) is 1.65. The molecule has 1 heterocycles. The molecule has 5 nitrogen and oxygen atoms in total.